The standard InChI is InChI=1S/C15H16N2O3/c1-2-16-12-10-5-3-4-6-11(10)14(18)15(19)13(12)17-9-7-20-8-9/h3-6,9,16-17H,2,7-8H2,1H3. The van der Waals surface area contributed by atoms with Crippen molar-refractivity contribution in [3.05, 3.63) is 41.1 Å². The van der Waals surface area contributed by atoms with Crippen LogP contribution in [0.15, 0.2) is 30.0 Å². The monoisotopic (exact) mass is 272 g/mol. The quantitative estimate of drug-likeness (QED) is 0.791. The molecule has 104 valence electrons. The van der Waals surface area contributed by atoms with Crippen LogP contribution in [0.3, 0.4) is 0 Å². The molecule has 0 atom stereocenters. The van der Waals surface area contributed by atoms with Gasteiger partial charge in [-0.25, -0.2) is 0 Å². The molecule has 0 spiro atoms. The molecule has 1 saturated heterocycles. The van der Waals surface area contributed by atoms with Crippen LogP contribution in [0.25, 0.3) is 5.70 Å². The molecule has 1 aliphatic heterocycles. The molecular formula is C15H16N2O3. The summed E-state index contributed by atoms with van der Waals surface area (Å²) in [6, 6.07) is 7.28. The number of Topliss-reactive ketones (excluding diaryl/α,β-unsaturated/α-hetero) is 2. The lowest BCUT2D eigenvalue weighted by molar-refractivity contribution is -0.112. The molecule has 0 aromatic heterocycles. The van der Waals surface area contributed by atoms with Crippen LogP contribution < -0.4 is 10.6 Å². The van der Waals surface area contributed by atoms with E-state index in [0.717, 1.165) is 5.56 Å². The normalized spacial score (nSPS) is 18.6. The minimum Gasteiger partial charge on any atom is -0.383 e. The summed E-state index contributed by atoms with van der Waals surface area (Å²) in [5.41, 5.74) is 2.31. The third kappa shape index (κ3) is 2.00. The summed E-state index contributed by atoms with van der Waals surface area (Å²) in [4.78, 5) is 24.5. The first-order valence-electron chi connectivity index (χ1n) is 6.73. The average molecular weight is 272 g/mol. The minimum atomic E-state index is -0.480. The average Bonchev–Trinajstić information content (AvgIpc) is 2.42. The highest BCUT2D eigenvalue weighted by Crippen LogP contribution is 2.27. The lowest BCUT2D eigenvalue weighted by atomic mass is 9.90. The second-order valence-electron chi connectivity index (χ2n) is 4.86. The van der Waals surface area contributed by atoms with Crippen LogP contribution in [-0.2, 0) is 9.53 Å². The summed E-state index contributed by atoms with van der Waals surface area (Å²) in [5, 5.41) is 6.33. The van der Waals surface area contributed by atoms with Crippen LogP contribution in [-0.4, -0.2) is 37.4 Å². The van der Waals surface area contributed by atoms with Crippen LogP contribution in [0.4, 0.5) is 0 Å². The fourth-order valence-corrected chi connectivity index (χ4v) is 2.40. The van der Waals surface area contributed by atoms with Gasteiger partial charge in [-0.2, -0.15) is 0 Å². The van der Waals surface area contributed by atoms with E-state index in [2.05, 4.69) is 10.6 Å². The van der Waals surface area contributed by atoms with Gasteiger partial charge in [-0.3, -0.25) is 9.59 Å². The van der Waals surface area contributed by atoms with Crippen LogP contribution in [0.1, 0.15) is 22.8 Å². The van der Waals surface area contributed by atoms with E-state index in [1.165, 1.54) is 0 Å². The Morgan fingerprint density at radius 2 is 1.80 bits per heavy atom. The molecule has 1 heterocycles. The fraction of sp³-hybridized carbons (Fsp3) is 0.333. The first-order valence-corrected chi connectivity index (χ1v) is 6.73. The van der Waals surface area contributed by atoms with E-state index >= 15 is 0 Å². The third-order valence-electron chi connectivity index (χ3n) is 3.46. The van der Waals surface area contributed by atoms with Gasteiger partial charge < -0.3 is 15.4 Å². The van der Waals surface area contributed by atoms with E-state index in [9.17, 15) is 9.59 Å². The summed E-state index contributed by atoms with van der Waals surface area (Å²) in [6.07, 6.45) is 0. The molecule has 0 amide bonds. The first-order chi connectivity index (χ1) is 9.72. The Balaban J connectivity index is 2.08. The highest BCUT2D eigenvalue weighted by molar-refractivity contribution is 6.52. The number of allylic oxidation sites excluding steroid dienone is 1. The number of ether oxygens (including phenoxy) is 1. The molecule has 2 aliphatic rings. The van der Waals surface area contributed by atoms with Crippen molar-refractivity contribution in [1.29, 1.82) is 0 Å². The van der Waals surface area contributed by atoms with Crippen molar-refractivity contribution >= 4 is 17.3 Å². The molecule has 1 aromatic carbocycles. The Bertz CT molecular complexity index is 603. The molecule has 5 heteroatoms. The second kappa shape index (κ2) is 5.09. The SMILES string of the molecule is CCNC1=C(NC2COC2)C(=O)C(=O)c2ccccc21. The number of ketones is 2. The van der Waals surface area contributed by atoms with E-state index < -0.39 is 11.6 Å². The number of hydrogen-bond donors (Lipinski definition) is 2. The van der Waals surface area contributed by atoms with Gasteiger partial charge in [0, 0.05) is 17.7 Å². The van der Waals surface area contributed by atoms with Crippen LogP contribution in [0, 0.1) is 0 Å². The number of rotatable bonds is 4. The molecule has 0 bridgehead atoms. The number of fused-ring (bicyclic) bond motifs is 1. The molecule has 0 radical (unpaired) electrons. The smallest absolute Gasteiger partial charge is 0.251 e. The maximum absolute atomic E-state index is 12.3. The van der Waals surface area contributed by atoms with Crippen molar-refractivity contribution < 1.29 is 14.3 Å². The van der Waals surface area contributed by atoms with Gasteiger partial charge in [0.1, 0.15) is 5.70 Å². The molecule has 0 unspecified atom stereocenters. The summed E-state index contributed by atoms with van der Waals surface area (Å²) >= 11 is 0. The molecule has 5 nitrogen and oxygen atoms in total. The Kier molecular flexibility index (Phi) is 3.28. The largest absolute Gasteiger partial charge is 0.383 e. The zero-order valence-electron chi connectivity index (χ0n) is 11.2. The van der Waals surface area contributed by atoms with Gasteiger partial charge in [-0.05, 0) is 6.92 Å². The first kappa shape index (κ1) is 12.9. The summed E-state index contributed by atoms with van der Waals surface area (Å²) in [6.45, 7) is 3.76. The maximum Gasteiger partial charge on any atom is 0.251 e. The van der Waals surface area contributed by atoms with Gasteiger partial charge in [0.25, 0.3) is 5.78 Å². The van der Waals surface area contributed by atoms with E-state index in [1.807, 2.05) is 19.1 Å². The molecule has 1 aliphatic carbocycles. The number of carbonyl (C=O) groups is 2. The van der Waals surface area contributed by atoms with Gasteiger partial charge in [0.2, 0.25) is 5.78 Å². The Labute approximate surface area is 117 Å². The summed E-state index contributed by atoms with van der Waals surface area (Å²) in [5.74, 6) is -0.934. The third-order valence-corrected chi connectivity index (χ3v) is 3.46. The van der Waals surface area contributed by atoms with Gasteiger partial charge in [-0.15, -0.1) is 0 Å². The number of hydrogen-bond acceptors (Lipinski definition) is 5. The van der Waals surface area contributed by atoms with Gasteiger partial charge >= 0.3 is 0 Å². The molecule has 1 fully saturated rings. The summed E-state index contributed by atoms with van der Waals surface area (Å²) in [7, 11) is 0. The van der Waals surface area contributed by atoms with Crippen LogP contribution in [0.2, 0.25) is 0 Å². The topological polar surface area (TPSA) is 67.4 Å². The van der Waals surface area contributed by atoms with Crippen molar-refractivity contribution in [3.63, 3.8) is 0 Å². The zero-order valence-corrected chi connectivity index (χ0v) is 11.2. The molecule has 3 rings (SSSR count). The maximum atomic E-state index is 12.3. The van der Waals surface area contributed by atoms with E-state index in [4.69, 9.17) is 4.74 Å². The lowest BCUT2D eigenvalue weighted by Crippen LogP contribution is -2.49. The molecular weight excluding hydrogens is 256 g/mol. The van der Waals surface area contributed by atoms with Crippen molar-refractivity contribution in [2.24, 2.45) is 0 Å². The van der Waals surface area contributed by atoms with Gasteiger partial charge in [0.05, 0.1) is 25.0 Å². The molecule has 2 N–H and O–H groups in total. The predicted molar refractivity (Wildman–Crippen MR) is 74.1 cm³/mol. The van der Waals surface area contributed by atoms with Gasteiger partial charge in [0.15, 0.2) is 0 Å². The van der Waals surface area contributed by atoms with Crippen molar-refractivity contribution in [2.45, 2.75) is 13.0 Å². The molecule has 20 heavy (non-hydrogen) atoms. The van der Waals surface area contributed by atoms with E-state index in [0.29, 0.717) is 36.7 Å². The van der Waals surface area contributed by atoms with E-state index in [1.54, 1.807) is 12.1 Å². The Hall–Kier alpha value is -2.14. The Morgan fingerprint density at radius 1 is 1.10 bits per heavy atom. The van der Waals surface area contributed by atoms with Gasteiger partial charge in [-0.1, -0.05) is 24.3 Å². The van der Waals surface area contributed by atoms with Crippen LogP contribution >= 0.6 is 0 Å². The summed E-state index contributed by atoms with van der Waals surface area (Å²) < 4.78 is 5.10. The van der Waals surface area contributed by atoms with E-state index in [-0.39, 0.29) is 6.04 Å². The predicted octanol–water partition coefficient (Wildman–Crippen LogP) is 0.718. The molecule has 0 saturated carbocycles. The highest BCUT2D eigenvalue weighted by Gasteiger charge is 2.34. The lowest BCUT2D eigenvalue weighted by Gasteiger charge is -2.31. The number of nitrogens with one attached hydrogen (secondary N) is 2. The Morgan fingerprint density at radius 3 is 2.40 bits per heavy atom. The zero-order chi connectivity index (χ0) is 14.1. The van der Waals surface area contributed by atoms with Crippen molar-refractivity contribution in [3.8, 4) is 0 Å². The second-order valence-corrected chi connectivity index (χ2v) is 4.86. The minimum absolute atomic E-state index is 0.0978. The highest BCUT2D eigenvalue weighted by atomic mass is 16.5. The van der Waals surface area contributed by atoms with Crippen LogP contribution in [0.5, 0.6) is 0 Å². The molecule has 1 aromatic rings. The number of carbonyl (C=O) groups excluding carboxylic acids is 2. The fourth-order valence-electron chi connectivity index (χ4n) is 2.40. The van der Waals surface area contributed by atoms with Crippen molar-refractivity contribution in [1.82, 2.24) is 10.6 Å². The van der Waals surface area contributed by atoms with Crippen molar-refractivity contribution in [2.75, 3.05) is 19.8 Å². The number of benzene rings is 1.